The van der Waals surface area contributed by atoms with Gasteiger partial charge in [0.25, 0.3) is 0 Å². The van der Waals surface area contributed by atoms with Gasteiger partial charge in [-0.05, 0) is 45.8 Å². The van der Waals surface area contributed by atoms with Crippen molar-refractivity contribution in [3.8, 4) is 0 Å². The molecule has 1 atom stereocenters. The fourth-order valence-corrected chi connectivity index (χ4v) is 3.13. The normalized spacial score (nSPS) is 19.9. The second-order valence-corrected chi connectivity index (χ2v) is 6.41. The van der Waals surface area contributed by atoms with Crippen LogP contribution in [-0.4, -0.2) is 54.2 Å². The molecule has 1 aromatic heterocycles. The molecule has 1 unspecified atom stereocenters. The second-order valence-electron chi connectivity index (χ2n) is 6.41. The Morgan fingerprint density at radius 1 is 1.38 bits per heavy atom. The van der Waals surface area contributed by atoms with Crippen LogP contribution in [0.1, 0.15) is 38.3 Å². The van der Waals surface area contributed by atoms with Gasteiger partial charge in [-0.25, -0.2) is 4.98 Å². The first-order valence-corrected chi connectivity index (χ1v) is 8.22. The lowest BCUT2D eigenvalue weighted by Crippen LogP contribution is -2.38. The Balaban J connectivity index is 1.65. The highest BCUT2D eigenvalue weighted by Gasteiger charge is 2.17. The van der Waals surface area contributed by atoms with Crippen molar-refractivity contribution in [2.75, 3.05) is 38.6 Å². The molecule has 0 spiro atoms. The van der Waals surface area contributed by atoms with E-state index in [4.69, 9.17) is 0 Å². The van der Waals surface area contributed by atoms with Gasteiger partial charge in [0.05, 0.1) is 11.9 Å². The molecule has 5 nitrogen and oxygen atoms in total. The number of hydrogen-bond acceptors (Lipinski definition) is 4. The Morgan fingerprint density at radius 3 is 2.86 bits per heavy atom. The number of imidazole rings is 1. The summed E-state index contributed by atoms with van der Waals surface area (Å²) in [4.78, 5) is 9.12. The molecule has 0 saturated carbocycles. The molecule has 1 aromatic rings. The maximum Gasteiger partial charge on any atom is 0.204 e. The fraction of sp³-hybridized carbons (Fsp3) is 0.812. The lowest BCUT2D eigenvalue weighted by molar-refractivity contribution is 0.159. The van der Waals surface area contributed by atoms with Crippen molar-refractivity contribution < 1.29 is 0 Å². The molecule has 1 N–H and O–H groups in total. The van der Waals surface area contributed by atoms with Crippen LogP contribution in [0.15, 0.2) is 6.20 Å². The SMILES string of the molecule is CC1CCCCN1CCCNCc1cnc(N(C)C)n1C. The van der Waals surface area contributed by atoms with Gasteiger partial charge in [-0.15, -0.1) is 0 Å². The number of hydrogen-bond donors (Lipinski definition) is 1. The lowest BCUT2D eigenvalue weighted by Gasteiger charge is -2.33. The van der Waals surface area contributed by atoms with Gasteiger partial charge in [0.1, 0.15) is 0 Å². The van der Waals surface area contributed by atoms with Crippen LogP contribution < -0.4 is 10.2 Å². The first-order valence-electron chi connectivity index (χ1n) is 8.22. The van der Waals surface area contributed by atoms with E-state index in [9.17, 15) is 0 Å². The minimum Gasteiger partial charge on any atom is -0.348 e. The Labute approximate surface area is 129 Å². The number of nitrogens with zero attached hydrogens (tertiary/aromatic N) is 4. The highest BCUT2D eigenvalue weighted by molar-refractivity contribution is 5.30. The molecule has 21 heavy (non-hydrogen) atoms. The van der Waals surface area contributed by atoms with E-state index in [0.717, 1.165) is 25.1 Å². The molecular weight excluding hydrogens is 262 g/mol. The molecule has 0 radical (unpaired) electrons. The highest BCUT2D eigenvalue weighted by Crippen LogP contribution is 2.16. The lowest BCUT2D eigenvalue weighted by atomic mass is 10.0. The minimum absolute atomic E-state index is 0.776. The van der Waals surface area contributed by atoms with E-state index in [-0.39, 0.29) is 0 Å². The van der Waals surface area contributed by atoms with Crippen molar-refractivity contribution >= 4 is 5.95 Å². The zero-order valence-electron chi connectivity index (χ0n) is 14.1. The van der Waals surface area contributed by atoms with Crippen LogP contribution in [-0.2, 0) is 13.6 Å². The molecule has 2 rings (SSSR count). The van der Waals surface area contributed by atoms with Crippen LogP contribution in [0.3, 0.4) is 0 Å². The predicted octanol–water partition coefficient (Wildman–Crippen LogP) is 1.84. The molecule has 5 heteroatoms. The molecule has 0 bridgehead atoms. The number of anilines is 1. The summed E-state index contributed by atoms with van der Waals surface area (Å²) in [6.45, 7) is 6.85. The van der Waals surface area contributed by atoms with Crippen molar-refractivity contribution in [1.29, 1.82) is 0 Å². The summed E-state index contributed by atoms with van der Waals surface area (Å²) in [5, 5.41) is 3.54. The molecule has 0 amide bonds. The smallest absolute Gasteiger partial charge is 0.204 e. The van der Waals surface area contributed by atoms with E-state index < -0.39 is 0 Å². The third-order valence-electron chi connectivity index (χ3n) is 4.51. The summed E-state index contributed by atoms with van der Waals surface area (Å²) in [6.07, 6.45) is 7.35. The van der Waals surface area contributed by atoms with Gasteiger partial charge in [0, 0.05) is 33.7 Å². The molecule has 1 aliphatic heterocycles. The molecule has 1 fully saturated rings. The average Bonchev–Trinajstić information content (AvgIpc) is 2.82. The maximum atomic E-state index is 4.44. The quantitative estimate of drug-likeness (QED) is 0.778. The number of aromatic nitrogens is 2. The largest absolute Gasteiger partial charge is 0.348 e. The van der Waals surface area contributed by atoms with Crippen LogP contribution in [0, 0.1) is 0 Å². The first-order chi connectivity index (χ1) is 10.1. The van der Waals surface area contributed by atoms with Crippen LogP contribution in [0.4, 0.5) is 5.95 Å². The van der Waals surface area contributed by atoms with Gasteiger partial charge in [-0.3, -0.25) is 0 Å². The molecule has 0 aromatic carbocycles. The van der Waals surface area contributed by atoms with Crippen LogP contribution in [0.5, 0.6) is 0 Å². The van der Waals surface area contributed by atoms with Gasteiger partial charge in [0.2, 0.25) is 5.95 Å². The number of rotatable bonds is 7. The summed E-state index contributed by atoms with van der Waals surface area (Å²) < 4.78 is 2.15. The Kier molecular flexibility index (Phi) is 6.06. The summed E-state index contributed by atoms with van der Waals surface area (Å²) in [7, 11) is 6.13. The zero-order valence-corrected chi connectivity index (χ0v) is 14.1. The Morgan fingerprint density at radius 2 is 2.19 bits per heavy atom. The number of piperidine rings is 1. The summed E-state index contributed by atoms with van der Waals surface area (Å²) in [5.74, 6) is 1.01. The first kappa shape index (κ1) is 16.3. The molecule has 1 aliphatic rings. The van der Waals surface area contributed by atoms with Crippen molar-refractivity contribution in [2.45, 2.75) is 45.2 Å². The van der Waals surface area contributed by atoms with E-state index in [0.29, 0.717) is 0 Å². The van der Waals surface area contributed by atoms with Crippen LogP contribution in [0.25, 0.3) is 0 Å². The third-order valence-corrected chi connectivity index (χ3v) is 4.51. The van der Waals surface area contributed by atoms with Crippen LogP contribution >= 0.6 is 0 Å². The minimum atomic E-state index is 0.776. The molecular formula is C16H31N5. The predicted molar refractivity (Wildman–Crippen MR) is 88.7 cm³/mol. The van der Waals surface area contributed by atoms with Gasteiger partial charge >= 0.3 is 0 Å². The van der Waals surface area contributed by atoms with Crippen molar-refractivity contribution in [2.24, 2.45) is 7.05 Å². The van der Waals surface area contributed by atoms with Gasteiger partial charge in [-0.1, -0.05) is 6.42 Å². The standard InChI is InChI=1S/C16H31N5/c1-14-8-5-6-10-21(14)11-7-9-17-12-15-13-18-16(19(2)3)20(15)4/h13-14,17H,5-12H2,1-4H3. The van der Waals surface area contributed by atoms with E-state index >= 15 is 0 Å². The summed E-state index contributed by atoms with van der Waals surface area (Å²) in [6, 6.07) is 0.776. The van der Waals surface area contributed by atoms with Crippen molar-refractivity contribution in [3.63, 3.8) is 0 Å². The molecule has 0 aliphatic carbocycles. The van der Waals surface area contributed by atoms with E-state index in [2.05, 4.69) is 33.7 Å². The van der Waals surface area contributed by atoms with E-state index in [1.165, 1.54) is 44.5 Å². The van der Waals surface area contributed by atoms with Gasteiger partial charge in [-0.2, -0.15) is 0 Å². The summed E-state index contributed by atoms with van der Waals surface area (Å²) in [5.41, 5.74) is 1.24. The average molecular weight is 293 g/mol. The Bertz CT molecular complexity index is 426. The Hall–Kier alpha value is -1.07. The maximum absolute atomic E-state index is 4.44. The monoisotopic (exact) mass is 293 g/mol. The third kappa shape index (κ3) is 4.45. The second kappa shape index (κ2) is 7.80. The van der Waals surface area contributed by atoms with E-state index in [1.807, 2.05) is 25.2 Å². The van der Waals surface area contributed by atoms with Crippen molar-refractivity contribution in [3.05, 3.63) is 11.9 Å². The molecule has 1 saturated heterocycles. The van der Waals surface area contributed by atoms with Gasteiger partial charge < -0.3 is 19.7 Å². The van der Waals surface area contributed by atoms with Crippen molar-refractivity contribution in [1.82, 2.24) is 19.8 Å². The zero-order chi connectivity index (χ0) is 15.2. The van der Waals surface area contributed by atoms with Crippen LogP contribution in [0.2, 0.25) is 0 Å². The molecule has 120 valence electrons. The summed E-state index contributed by atoms with van der Waals surface area (Å²) >= 11 is 0. The molecule has 2 heterocycles. The highest BCUT2D eigenvalue weighted by atomic mass is 15.3. The fourth-order valence-electron chi connectivity index (χ4n) is 3.13. The topological polar surface area (TPSA) is 36.3 Å². The number of likely N-dealkylation sites (tertiary alicyclic amines) is 1. The number of nitrogens with one attached hydrogen (secondary N) is 1. The van der Waals surface area contributed by atoms with Gasteiger partial charge in [0.15, 0.2) is 0 Å². The van der Waals surface area contributed by atoms with E-state index in [1.54, 1.807) is 0 Å².